The minimum absolute atomic E-state index is 0.265. The van der Waals surface area contributed by atoms with E-state index in [0.717, 1.165) is 21.1 Å². The van der Waals surface area contributed by atoms with E-state index in [0.29, 0.717) is 26.2 Å². The second-order valence-corrected chi connectivity index (χ2v) is 6.99. The Labute approximate surface area is 138 Å². The number of hydrogen-bond acceptors (Lipinski definition) is 3. The van der Waals surface area contributed by atoms with E-state index in [9.17, 15) is 13.2 Å². The molecule has 0 amide bonds. The van der Waals surface area contributed by atoms with E-state index >= 15 is 0 Å². The van der Waals surface area contributed by atoms with Crippen LogP contribution in [0.4, 0.5) is 13.2 Å². The first-order valence-corrected chi connectivity index (χ1v) is 8.22. The maximum Gasteiger partial charge on any atom is 0.401 e. The van der Waals surface area contributed by atoms with Gasteiger partial charge in [0.05, 0.1) is 12.2 Å². The number of hydrogen-bond donors (Lipinski definition) is 1. The summed E-state index contributed by atoms with van der Waals surface area (Å²) >= 11 is 6.78. The van der Waals surface area contributed by atoms with Crippen LogP contribution in [0.15, 0.2) is 21.2 Å². The number of alkyl halides is 3. The van der Waals surface area contributed by atoms with Crippen LogP contribution in [0.25, 0.3) is 0 Å². The molecule has 0 bridgehead atoms. The average Bonchev–Trinajstić information content (AvgIpc) is 2.77. The van der Waals surface area contributed by atoms with Gasteiger partial charge in [-0.2, -0.15) is 13.2 Å². The molecule has 1 N–H and O–H groups in total. The van der Waals surface area contributed by atoms with Crippen molar-refractivity contribution >= 4 is 31.9 Å². The summed E-state index contributed by atoms with van der Waals surface area (Å²) in [4.78, 5) is 5.76. The first kappa shape index (κ1) is 17.2. The summed E-state index contributed by atoms with van der Waals surface area (Å²) in [5.41, 5.74) is 0.892. The zero-order valence-electron chi connectivity index (χ0n) is 11.3. The van der Waals surface area contributed by atoms with Crippen molar-refractivity contribution < 1.29 is 13.2 Å². The molecule has 0 spiro atoms. The van der Waals surface area contributed by atoms with Gasteiger partial charge in [0, 0.05) is 28.2 Å². The summed E-state index contributed by atoms with van der Waals surface area (Å²) in [5, 5.41) is 3.27. The van der Waals surface area contributed by atoms with Gasteiger partial charge in [-0.25, -0.2) is 0 Å². The molecule has 2 rings (SSSR count). The lowest BCUT2D eigenvalue weighted by molar-refractivity contribution is -0.143. The third kappa shape index (κ3) is 5.84. The van der Waals surface area contributed by atoms with Crippen LogP contribution < -0.4 is 5.32 Å². The van der Waals surface area contributed by atoms with Gasteiger partial charge in [-0.15, -0.1) is 0 Å². The Kier molecular flexibility index (Phi) is 6.05. The topological polar surface area (TPSA) is 28.2 Å². The van der Waals surface area contributed by atoms with E-state index in [4.69, 9.17) is 0 Å². The van der Waals surface area contributed by atoms with Crippen LogP contribution in [-0.2, 0) is 6.54 Å². The maximum absolute atomic E-state index is 12.3. The molecular weight excluding hydrogens is 415 g/mol. The third-order valence-electron chi connectivity index (χ3n) is 3.38. The highest BCUT2D eigenvalue weighted by Crippen LogP contribution is 2.23. The lowest BCUT2D eigenvalue weighted by atomic mass is 10.1. The molecule has 1 aromatic heterocycles. The van der Waals surface area contributed by atoms with Crippen LogP contribution in [0, 0.1) is 5.92 Å². The molecule has 0 aromatic carbocycles. The van der Waals surface area contributed by atoms with Crippen molar-refractivity contribution in [2.45, 2.75) is 19.1 Å². The molecule has 1 aliphatic rings. The number of pyridine rings is 1. The van der Waals surface area contributed by atoms with E-state index in [-0.39, 0.29) is 5.92 Å². The van der Waals surface area contributed by atoms with E-state index in [1.54, 1.807) is 6.20 Å². The molecule has 1 aromatic rings. The van der Waals surface area contributed by atoms with Crippen molar-refractivity contribution in [2.24, 2.45) is 5.92 Å². The standard InChI is InChI=1S/C13H16Br2F3N3/c14-10-3-11(15)12(20-5-10)6-19-4-9-1-2-21(7-9)8-13(16,17)18/h3,5,9,19H,1-2,4,6-8H2. The third-order valence-corrected chi connectivity index (χ3v) is 4.50. The Morgan fingerprint density at radius 3 is 2.81 bits per heavy atom. The summed E-state index contributed by atoms with van der Waals surface area (Å²) < 4.78 is 38.7. The molecule has 0 aliphatic carbocycles. The van der Waals surface area contributed by atoms with Crippen molar-refractivity contribution in [3.05, 3.63) is 26.9 Å². The van der Waals surface area contributed by atoms with Gasteiger partial charge in [0.15, 0.2) is 0 Å². The molecule has 118 valence electrons. The largest absolute Gasteiger partial charge is 0.401 e. The van der Waals surface area contributed by atoms with Gasteiger partial charge in [0.2, 0.25) is 0 Å². The molecule has 1 fully saturated rings. The summed E-state index contributed by atoms with van der Waals surface area (Å²) in [6.07, 6.45) is -1.57. The number of nitrogens with one attached hydrogen (secondary N) is 1. The van der Waals surface area contributed by atoms with E-state index in [1.807, 2.05) is 6.07 Å². The molecular formula is C13H16Br2F3N3. The highest BCUT2D eigenvalue weighted by atomic mass is 79.9. The first-order chi connectivity index (χ1) is 9.83. The molecule has 1 saturated heterocycles. The van der Waals surface area contributed by atoms with Crippen LogP contribution in [0.1, 0.15) is 12.1 Å². The van der Waals surface area contributed by atoms with Gasteiger partial charge in [-0.1, -0.05) is 0 Å². The first-order valence-electron chi connectivity index (χ1n) is 6.63. The van der Waals surface area contributed by atoms with Gasteiger partial charge in [0.1, 0.15) is 0 Å². The van der Waals surface area contributed by atoms with Crippen LogP contribution in [-0.4, -0.2) is 42.2 Å². The molecule has 1 unspecified atom stereocenters. The zero-order valence-corrected chi connectivity index (χ0v) is 14.4. The lowest BCUT2D eigenvalue weighted by Gasteiger charge is -2.18. The lowest BCUT2D eigenvalue weighted by Crippen LogP contribution is -2.33. The second-order valence-electron chi connectivity index (χ2n) is 5.22. The minimum atomic E-state index is -4.10. The quantitative estimate of drug-likeness (QED) is 0.773. The molecule has 21 heavy (non-hydrogen) atoms. The van der Waals surface area contributed by atoms with Crippen molar-refractivity contribution in [3.8, 4) is 0 Å². The molecule has 3 nitrogen and oxygen atoms in total. The van der Waals surface area contributed by atoms with Gasteiger partial charge < -0.3 is 5.32 Å². The molecule has 0 radical (unpaired) electrons. The molecule has 1 aliphatic heterocycles. The fourth-order valence-corrected chi connectivity index (χ4v) is 3.57. The highest BCUT2D eigenvalue weighted by Gasteiger charge is 2.34. The van der Waals surface area contributed by atoms with Gasteiger partial charge in [-0.05, 0) is 63.4 Å². The molecule has 0 saturated carbocycles. The second kappa shape index (κ2) is 7.39. The highest BCUT2D eigenvalue weighted by molar-refractivity contribution is 9.11. The smallest absolute Gasteiger partial charge is 0.311 e. The Morgan fingerprint density at radius 2 is 2.14 bits per heavy atom. The van der Waals surface area contributed by atoms with E-state index < -0.39 is 12.7 Å². The summed E-state index contributed by atoms with van der Waals surface area (Å²) in [6, 6.07) is 1.92. The number of rotatable bonds is 5. The summed E-state index contributed by atoms with van der Waals surface area (Å²) in [6.45, 7) is 1.53. The van der Waals surface area contributed by atoms with Crippen LogP contribution in [0.3, 0.4) is 0 Å². The Morgan fingerprint density at radius 1 is 1.38 bits per heavy atom. The van der Waals surface area contributed by atoms with Gasteiger partial charge in [-0.3, -0.25) is 9.88 Å². The molecule has 1 atom stereocenters. The van der Waals surface area contributed by atoms with Crippen LogP contribution in [0.2, 0.25) is 0 Å². The molecule has 8 heteroatoms. The zero-order chi connectivity index (χ0) is 15.5. The average molecular weight is 431 g/mol. The van der Waals surface area contributed by atoms with Gasteiger partial charge in [0.25, 0.3) is 0 Å². The van der Waals surface area contributed by atoms with E-state index in [1.165, 1.54) is 4.90 Å². The maximum atomic E-state index is 12.3. The summed E-state index contributed by atoms with van der Waals surface area (Å²) in [7, 11) is 0. The Balaban J connectivity index is 1.72. The monoisotopic (exact) mass is 429 g/mol. The van der Waals surface area contributed by atoms with Crippen LogP contribution >= 0.6 is 31.9 Å². The Bertz CT molecular complexity index is 482. The number of halogens is 5. The summed E-state index contributed by atoms with van der Waals surface area (Å²) in [5.74, 6) is 0.265. The normalized spacial score (nSPS) is 20.1. The fourth-order valence-electron chi connectivity index (χ4n) is 2.44. The predicted octanol–water partition coefficient (Wildman–Crippen LogP) is 3.58. The van der Waals surface area contributed by atoms with Crippen molar-refractivity contribution in [3.63, 3.8) is 0 Å². The minimum Gasteiger partial charge on any atom is -0.311 e. The number of aromatic nitrogens is 1. The Hall–Kier alpha value is -0.180. The van der Waals surface area contributed by atoms with Gasteiger partial charge >= 0.3 is 6.18 Å². The number of likely N-dealkylation sites (tertiary alicyclic amines) is 1. The number of nitrogens with zero attached hydrogens (tertiary/aromatic N) is 2. The SMILES string of the molecule is FC(F)(F)CN1CCC(CNCc2ncc(Br)cc2Br)C1. The van der Waals surface area contributed by atoms with E-state index in [2.05, 4.69) is 42.2 Å². The predicted molar refractivity (Wildman–Crippen MR) is 81.9 cm³/mol. The van der Waals surface area contributed by atoms with Crippen molar-refractivity contribution in [2.75, 3.05) is 26.2 Å². The molecule has 2 heterocycles. The van der Waals surface area contributed by atoms with Crippen molar-refractivity contribution in [1.82, 2.24) is 15.2 Å². The fraction of sp³-hybridized carbons (Fsp3) is 0.615. The van der Waals surface area contributed by atoms with Crippen molar-refractivity contribution in [1.29, 1.82) is 0 Å². The van der Waals surface area contributed by atoms with Crippen LogP contribution in [0.5, 0.6) is 0 Å².